The van der Waals surface area contributed by atoms with E-state index in [-0.39, 0.29) is 0 Å². The summed E-state index contributed by atoms with van der Waals surface area (Å²) in [5.41, 5.74) is 5.11. The third kappa shape index (κ3) is 8.00. The van der Waals surface area contributed by atoms with Crippen LogP contribution in [0, 0.1) is 0 Å². The molecule has 0 aliphatic carbocycles. The maximum absolute atomic E-state index is 6.73. The Morgan fingerprint density at radius 1 is 0.771 bits per heavy atom. The summed E-state index contributed by atoms with van der Waals surface area (Å²) in [6.45, 7) is 6.41. The Morgan fingerprint density at radius 2 is 1.23 bits per heavy atom. The van der Waals surface area contributed by atoms with E-state index in [1.54, 1.807) is 14.2 Å². The molecule has 0 aliphatic heterocycles. The van der Waals surface area contributed by atoms with E-state index in [2.05, 4.69) is 85.7 Å². The summed E-state index contributed by atoms with van der Waals surface area (Å²) in [6.07, 6.45) is 8.14. The van der Waals surface area contributed by atoms with E-state index in [0.29, 0.717) is 21.5 Å². The van der Waals surface area contributed by atoms with Crippen LogP contribution in [0.3, 0.4) is 0 Å². The summed E-state index contributed by atoms with van der Waals surface area (Å²) in [4.78, 5) is 0. The number of ether oxygens (including phenoxy) is 2. The molecule has 0 heterocycles. The van der Waals surface area contributed by atoms with Gasteiger partial charge in [0.05, 0.1) is 0 Å². The molecule has 0 amide bonds. The second-order valence-electron chi connectivity index (χ2n) is 8.03. The Morgan fingerprint density at radius 3 is 1.60 bits per heavy atom. The monoisotopic (exact) mass is 710 g/mol. The first-order valence-corrected chi connectivity index (χ1v) is 15.1. The first kappa shape index (κ1) is 30.8. The van der Waals surface area contributed by atoms with Gasteiger partial charge in [-0.15, -0.1) is 0 Å². The zero-order valence-electron chi connectivity index (χ0n) is 20.9. The van der Waals surface area contributed by atoms with Gasteiger partial charge in [-0.1, -0.05) is 0 Å². The fourth-order valence-corrected chi connectivity index (χ4v) is 5.36. The van der Waals surface area contributed by atoms with Crippen LogP contribution in [0.15, 0.2) is 30.3 Å². The number of benzene rings is 2. The van der Waals surface area contributed by atoms with Gasteiger partial charge in [0.2, 0.25) is 0 Å². The first-order chi connectivity index (χ1) is 16.7. The average molecular weight is 708 g/mol. The molecule has 2 aromatic carbocycles. The molecule has 2 aromatic rings. The van der Waals surface area contributed by atoms with Crippen LogP contribution in [0.2, 0.25) is 10.0 Å². The quantitative estimate of drug-likeness (QED) is 0.174. The molecular formula is C28H32Cl2O2Se3. The van der Waals surface area contributed by atoms with Crippen LogP contribution in [0.4, 0.5) is 0 Å². The second-order valence-corrected chi connectivity index (χ2v) is 12.1. The van der Waals surface area contributed by atoms with Crippen LogP contribution in [-0.4, -0.2) is 74.2 Å². The number of unbranched alkanes of at least 4 members (excludes halogenated alkanes) is 1. The molecule has 0 fully saturated rings. The molecular weight excluding hydrogens is 676 g/mol. The van der Waals surface area contributed by atoms with Gasteiger partial charge in [0.1, 0.15) is 0 Å². The number of halogens is 2. The van der Waals surface area contributed by atoms with Gasteiger partial charge in [0.25, 0.3) is 0 Å². The van der Waals surface area contributed by atoms with Crippen LogP contribution in [0.5, 0.6) is 11.5 Å². The molecule has 0 aliphatic rings. The normalized spacial score (nSPS) is 10.6. The molecule has 0 N–H and O–H groups in total. The van der Waals surface area contributed by atoms with E-state index in [4.69, 9.17) is 32.7 Å². The molecule has 2 nitrogen and oxygen atoms in total. The molecule has 35 heavy (non-hydrogen) atoms. The summed E-state index contributed by atoms with van der Waals surface area (Å²) >= 11 is 23.0. The van der Waals surface area contributed by atoms with Crippen molar-refractivity contribution < 1.29 is 9.47 Å². The summed E-state index contributed by atoms with van der Waals surface area (Å²) in [5.74, 6) is 1.37. The van der Waals surface area contributed by atoms with Crippen molar-refractivity contribution in [2.45, 2.75) is 59.3 Å². The molecule has 0 spiro atoms. The summed E-state index contributed by atoms with van der Waals surface area (Å²) in [5, 5.41) is 1.17. The Labute approximate surface area is 244 Å². The number of allylic oxidation sites excluding steroid dienone is 1. The van der Waals surface area contributed by atoms with Crippen molar-refractivity contribution in [1.82, 2.24) is 0 Å². The van der Waals surface area contributed by atoms with Gasteiger partial charge < -0.3 is 0 Å². The molecule has 2 rings (SSSR count). The molecule has 0 saturated heterocycles. The van der Waals surface area contributed by atoms with Crippen molar-refractivity contribution in [3.8, 4) is 11.5 Å². The van der Waals surface area contributed by atoms with Gasteiger partial charge in [-0.2, -0.15) is 0 Å². The summed E-state index contributed by atoms with van der Waals surface area (Å²) < 4.78 is 14.9. The Kier molecular flexibility index (Phi) is 13.2. The van der Waals surface area contributed by atoms with E-state index in [1.165, 1.54) is 4.42 Å². The molecule has 0 unspecified atom stereocenters. The van der Waals surface area contributed by atoms with Crippen molar-refractivity contribution in [3.63, 3.8) is 0 Å². The molecule has 0 bridgehead atoms. The molecule has 0 atom stereocenters. The van der Waals surface area contributed by atoms with Crippen LogP contribution in [-0.2, 0) is 0 Å². The summed E-state index contributed by atoms with van der Waals surface area (Å²) in [7, 11) is 3.31. The Hall–Kier alpha value is -0.472. The predicted molar refractivity (Wildman–Crippen MR) is 158 cm³/mol. The van der Waals surface area contributed by atoms with Gasteiger partial charge >= 0.3 is 246 Å². The standard InChI is InChI=1S/C28H32Cl2O2Se3/c1-6-19(33)11-9-10-12-20(17-13-21(25(34)7-2)27(31-4)23(29)15-17)18-14-22(26(35)8-3)28(32-5)24(30)16-18/h12-16H,6-11H2,1-5H3. The van der Waals surface area contributed by atoms with Crippen molar-refractivity contribution in [1.29, 1.82) is 0 Å². The third-order valence-corrected chi connectivity index (χ3v) is 9.49. The fraction of sp³-hybridized carbons (Fsp3) is 0.393. The Balaban J connectivity index is 2.73. The average Bonchev–Trinajstić information content (AvgIpc) is 2.86. The zero-order chi connectivity index (χ0) is 26.1. The third-order valence-electron chi connectivity index (χ3n) is 5.76. The molecule has 7 heteroatoms. The maximum atomic E-state index is 6.73. The molecule has 188 valence electrons. The van der Waals surface area contributed by atoms with Gasteiger partial charge in [-0.3, -0.25) is 0 Å². The predicted octanol–water partition coefficient (Wildman–Crippen LogP) is 6.56. The van der Waals surface area contributed by atoms with Crippen molar-refractivity contribution in [3.05, 3.63) is 62.6 Å². The summed E-state index contributed by atoms with van der Waals surface area (Å²) in [6, 6.07) is 8.28. The van der Waals surface area contributed by atoms with E-state index >= 15 is 0 Å². The van der Waals surface area contributed by atoms with Gasteiger partial charge in [0.15, 0.2) is 0 Å². The minimum atomic E-state index is 0.585. The van der Waals surface area contributed by atoms with Crippen molar-refractivity contribution in [2.24, 2.45) is 0 Å². The van der Waals surface area contributed by atoms with Gasteiger partial charge in [0, 0.05) is 0 Å². The first-order valence-electron chi connectivity index (χ1n) is 11.8. The van der Waals surface area contributed by atoms with Crippen LogP contribution in [0.1, 0.15) is 81.5 Å². The van der Waals surface area contributed by atoms with Gasteiger partial charge in [-0.25, -0.2) is 0 Å². The van der Waals surface area contributed by atoms with Crippen molar-refractivity contribution >= 4 is 88.8 Å². The number of hydrogen-bond donors (Lipinski definition) is 0. The van der Waals surface area contributed by atoms with Gasteiger partial charge in [-0.05, 0) is 0 Å². The number of rotatable bonds is 13. The van der Waals surface area contributed by atoms with E-state index < -0.39 is 0 Å². The zero-order valence-corrected chi connectivity index (χ0v) is 27.6. The SMILES string of the molecule is CCC(=[Se])CCCC=C(c1cc(Cl)c(OC)c(C(=[Se])CC)c1)c1cc(Cl)c(OC)c(C(=[Se])CC)c1. The van der Waals surface area contributed by atoms with Crippen LogP contribution >= 0.6 is 23.2 Å². The molecule has 0 aromatic heterocycles. The Bertz CT molecular complexity index is 1060. The second kappa shape index (κ2) is 15.1. The van der Waals surface area contributed by atoms with Crippen LogP contribution in [0.25, 0.3) is 5.57 Å². The van der Waals surface area contributed by atoms with E-state index in [0.717, 1.165) is 75.2 Å². The van der Waals surface area contributed by atoms with E-state index in [9.17, 15) is 0 Å². The van der Waals surface area contributed by atoms with E-state index in [1.807, 2.05) is 12.1 Å². The van der Waals surface area contributed by atoms with Crippen LogP contribution < -0.4 is 9.47 Å². The number of methoxy groups -OCH3 is 2. The topological polar surface area (TPSA) is 18.5 Å². The molecule has 0 radical (unpaired) electrons. The van der Waals surface area contributed by atoms with Crippen molar-refractivity contribution in [2.75, 3.05) is 14.2 Å². The minimum absolute atomic E-state index is 0.585. The number of hydrogen-bond acceptors (Lipinski definition) is 2. The molecule has 0 saturated carbocycles. The fourth-order valence-electron chi connectivity index (χ4n) is 3.83.